The van der Waals surface area contributed by atoms with Gasteiger partial charge in [0.25, 0.3) is 0 Å². The third-order valence-corrected chi connectivity index (χ3v) is 8.00. The molecule has 5 heteroatoms. The van der Waals surface area contributed by atoms with Crippen LogP contribution in [0, 0.1) is 0 Å². The van der Waals surface area contributed by atoms with E-state index in [1.54, 1.807) is 19.2 Å². The second-order valence-corrected chi connectivity index (χ2v) is 10.5. The summed E-state index contributed by atoms with van der Waals surface area (Å²) in [5.74, 6) is 0. The van der Waals surface area contributed by atoms with Gasteiger partial charge in [0.15, 0.2) is 0 Å². The number of hydrogen-bond acceptors (Lipinski definition) is 3. The number of rotatable bonds is 7. The van der Waals surface area contributed by atoms with Crippen molar-refractivity contribution in [2.75, 3.05) is 14.1 Å². The van der Waals surface area contributed by atoms with Gasteiger partial charge in [-0.15, -0.1) is 0 Å². The molecule has 0 saturated carbocycles. The first-order chi connectivity index (χ1) is 14.9. The first-order valence-corrected chi connectivity index (χ1v) is 12.3. The van der Waals surface area contributed by atoms with Gasteiger partial charge in [0.05, 0.1) is 4.90 Å². The Kier molecular flexibility index (Phi) is 6.56. The summed E-state index contributed by atoms with van der Waals surface area (Å²) in [6, 6.07) is 26.1. The van der Waals surface area contributed by atoms with Crippen LogP contribution in [0.1, 0.15) is 41.1 Å². The Bertz CT molecular complexity index is 1110. The van der Waals surface area contributed by atoms with E-state index in [1.807, 2.05) is 42.5 Å². The molecular formula is C26H30N2O2S. The molecule has 31 heavy (non-hydrogen) atoms. The van der Waals surface area contributed by atoms with Crippen LogP contribution in [-0.4, -0.2) is 31.7 Å². The summed E-state index contributed by atoms with van der Waals surface area (Å²) < 4.78 is 27.3. The van der Waals surface area contributed by atoms with Crippen molar-refractivity contribution in [2.45, 2.75) is 43.3 Å². The van der Waals surface area contributed by atoms with E-state index in [1.165, 1.54) is 21.9 Å². The molecule has 3 aromatic rings. The quantitative estimate of drug-likeness (QED) is 0.524. The van der Waals surface area contributed by atoms with Crippen LogP contribution in [-0.2, 0) is 29.5 Å². The minimum Gasteiger partial charge on any atom is -0.295 e. The van der Waals surface area contributed by atoms with Crippen molar-refractivity contribution in [1.29, 1.82) is 0 Å². The van der Waals surface area contributed by atoms with E-state index in [0.717, 1.165) is 30.5 Å². The van der Waals surface area contributed by atoms with E-state index in [-0.39, 0.29) is 0 Å². The standard InChI is InChI=1S/C26H30N2O2S/c1-27(26-14-8-12-23-11-6-7-13-25(23)26)19-22-15-17-24(18-16-22)31(29,30)28(2)20-21-9-4-3-5-10-21/h3-7,9-11,13,15-18,26H,8,12,14,19-20H2,1-2H3. The maximum Gasteiger partial charge on any atom is 0.243 e. The number of benzene rings is 3. The van der Waals surface area contributed by atoms with Gasteiger partial charge in [0.1, 0.15) is 0 Å². The van der Waals surface area contributed by atoms with E-state index < -0.39 is 10.0 Å². The van der Waals surface area contributed by atoms with Gasteiger partial charge >= 0.3 is 0 Å². The first-order valence-electron chi connectivity index (χ1n) is 10.8. The highest BCUT2D eigenvalue weighted by atomic mass is 32.2. The van der Waals surface area contributed by atoms with Crippen molar-refractivity contribution in [3.8, 4) is 0 Å². The van der Waals surface area contributed by atoms with E-state index in [9.17, 15) is 8.42 Å². The summed E-state index contributed by atoms with van der Waals surface area (Å²) in [5, 5.41) is 0. The molecule has 3 aromatic carbocycles. The van der Waals surface area contributed by atoms with Crippen molar-refractivity contribution < 1.29 is 8.42 Å². The molecule has 0 bridgehead atoms. The van der Waals surface area contributed by atoms with Gasteiger partial charge in [0.2, 0.25) is 10.0 Å². The Morgan fingerprint density at radius 3 is 2.19 bits per heavy atom. The fraction of sp³-hybridized carbons (Fsp3) is 0.308. The number of aryl methyl sites for hydroxylation is 1. The number of sulfonamides is 1. The fourth-order valence-corrected chi connectivity index (χ4v) is 5.62. The lowest BCUT2D eigenvalue weighted by Crippen LogP contribution is -2.28. The number of fused-ring (bicyclic) bond motifs is 1. The molecule has 1 atom stereocenters. The molecule has 0 aliphatic heterocycles. The maximum absolute atomic E-state index is 13.0. The molecule has 0 fully saturated rings. The van der Waals surface area contributed by atoms with Crippen molar-refractivity contribution in [3.05, 3.63) is 101 Å². The zero-order valence-corrected chi connectivity index (χ0v) is 19.1. The van der Waals surface area contributed by atoms with Gasteiger partial charge in [-0.3, -0.25) is 4.90 Å². The summed E-state index contributed by atoms with van der Waals surface area (Å²) in [5.41, 5.74) is 4.97. The second-order valence-electron chi connectivity index (χ2n) is 8.41. The molecule has 0 aromatic heterocycles. The summed E-state index contributed by atoms with van der Waals surface area (Å²) in [7, 11) is 0.264. The zero-order chi connectivity index (χ0) is 21.8. The van der Waals surface area contributed by atoms with Gasteiger partial charge < -0.3 is 0 Å². The summed E-state index contributed by atoms with van der Waals surface area (Å²) in [6.07, 6.45) is 3.52. The monoisotopic (exact) mass is 434 g/mol. The van der Waals surface area contributed by atoms with Crippen molar-refractivity contribution in [1.82, 2.24) is 9.21 Å². The predicted molar refractivity (Wildman–Crippen MR) is 125 cm³/mol. The third-order valence-electron chi connectivity index (χ3n) is 6.18. The first kappa shape index (κ1) is 21.8. The van der Waals surface area contributed by atoms with Crippen LogP contribution in [0.15, 0.2) is 83.8 Å². The van der Waals surface area contributed by atoms with E-state index in [2.05, 4.69) is 36.2 Å². The van der Waals surface area contributed by atoms with Gasteiger partial charge in [0, 0.05) is 26.2 Å². The largest absolute Gasteiger partial charge is 0.295 e. The molecule has 0 saturated heterocycles. The fourth-order valence-electron chi connectivity index (χ4n) is 4.46. The summed E-state index contributed by atoms with van der Waals surface area (Å²) >= 11 is 0. The minimum atomic E-state index is -3.52. The van der Waals surface area contributed by atoms with Gasteiger partial charge in [-0.25, -0.2) is 8.42 Å². The van der Waals surface area contributed by atoms with Gasteiger partial charge in [-0.2, -0.15) is 4.31 Å². The molecule has 4 nitrogen and oxygen atoms in total. The third kappa shape index (κ3) is 4.90. The summed E-state index contributed by atoms with van der Waals surface area (Å²) in [6.45, 7) is 1.15. The number of nitrogens with zero attached hydrogens (tertiary/aromatic N) is 2. The molecule has 162 valence electrons. The second kappa shape index (κ2) is 9.35. The predicted octanol–water partition coefficient (Wildman–Crippen LogP) is 5.02. The lowest BCUT2D eigenvalue weighted by Gasteiger charge is -2.33. The minimum absolute atomic E-state index is 0.334. The van der Waals surface area contributed by atoms with Crippen LogP contribution < -0.4 is 0 Å². The van der Waals surface area contributed by atoms with Crippen LogP contribution in [0.2, 0.25) is 0 Å². The Morgan fingerprint density at radius 1 is 0.806 bits per heavy atom. The highest BCUT2D eigenvalue weighted by Crippen LogP contribution is 2.34. The smallest absolute Gasteiger partial charge is 0.243 e. The van der Waals surface area contributed by atoms with Crippen LogP contribution >= 0.6 is 0 Å². The average Bonchev–Trinajstić information content (AvgIpc) is 2.79. The molecule has 1 aliphatic rings. The van der Waals surface area contributed by atoms with E-state index >= 15 is 0 Å². The lowest BCUT2D eigenvalue weighted by atomic mass is 9.87. The lowest BCUT2D eigenvalue weighted by molar-refractivity contribution is 0.213. The highest BCUT2D eigenvalue weighted by Gasteiger charge is 2.24. The SMILES string of the molecule is CN(Cc1ccc(S(=O)(=O)N(C)Cc2ccccc2)cc1)C1CCCc2ccccc21. The van der Waals surface area contributed by atoms with Gasteiger partial charge in [-0.1, -0.05) is 66.7 Å². The van der Waals surface area contributed by atoms with Crippen molar-refractivity contribution in [3.63, 3.8) is 0 Å². The van der Waals surface area contributed by atoms with Gasteiger partial charge in [-0.05, 0) is 60.7 Å². The van der Waals surface area contributed by atoms with Crippen molar-refractivity contribution in [2.24, 2.45) is 0 Å². The van der Waals surface area contributed by atoms with E-state index in [4.69, 9.17) is 0 Å². The Balaban J connectivity index is 1.44. The molecule has 4 rings (SSSR count). The van der Waals surface area contributed by atoms with Crippen LogP contribution in [0.3, 0.4) is 0 Å². The topological polar surface area (TPSA) is 40.6 Å². The average molecular weight is 435 g/mol. The molecular weight excluding hydrogens is 404 g/mol. The van der Waals surface area contributed by atoms with Crippen LogP contribution in [0.5, 0.6) is 0 Å². The van der Waals surface area contributed by atoms with E-state index in [0.29, 0.717) is 17.5 Å². The molecule has 0 radical (unpaired) electrons. The number of hydrogen-bond donors (Lipinski definition) is 0. The molecule has 1 aliphatic carbocycles. The van der Waals surface area contributed by atoms with Crippen LogP contribution in [0.4, 0.5) is 0 Å². The molecule has 0 amide bonds. The molecule has 0 spiro atoms. The Hall–Kier alpha value is -2.47. The molecule has 0 heterocycles. The van der Waals surface area contributed by atoms with Crippen molar-refractivity contribution >= 4 is 10.0 Å². The summed E-state index contributed by atoms with van der Waals surface area (Å²) in [4.78, 5) is 2.71. The zero-order valence-electron chi connectivity index (χ0n) is 18.2. The highest BCUT2D eigenvalue weighted by molar-refractivity contribution is 7.89. The van der Waals surface area contributed by atoms with Crippen LogP contribution in [0.25, 0.3) is 0 Å². The Morgan fingerprint density at radius 2 is 1.45 bits per heavy atom. The maximum atomic E-state index is 13.0. The molecule has 1 unspecified atom stereocenters. The normalized spacial score (nSPS) is 16.5. The molecule has 0 N–H and O–H groups in total. The Labute approximate surface area is 186 Å².